The average molecular weight is 204 g/mol. The van der Waals surface area contributed by atoms with Crippen molar-refractivity contribution in [2.24, 2.45) is 0 Å². The summed E-state index contributed by atoms with van der Waals surface area (Å²) in [6, 6.07) is 0. The Balaban J connectivity index is 0.000000921. The molecule has 0 aliphatic rings. The zero-order valence-electron chi connectivity index (χ0n) is 9.16. The number of aromatic nitrogens is 2. The maximum absolute atomic E-state index is 11.3. The van der Waals surface area contributed by atoms with Crippen LogP contribution < -0.4 is 16.0 Å². The normalized spacial score (nSPS) is 11.6. The van der Waals surface area contributed by atoms with Gasteiger partial charge in [0.2, 0.25) is 0 Å². The Kier molecular flexibility index (Phi) is 6.55. The zero-order valence-corrected chi connectivity index (χ0v) is 9.16. The Morgan fingerprint density at radius 2 is 1.87 bits per heavy atom. The van der Waals surface area contributed by atoms with E-state index in [-0.39, 0.29) is 5.56 Å². The van der Waals surface area contributed by atoms with Gasteiger partial charge in [0.05, 0.1) is 6.20 Å². The summed E-state index contributed by atoms with van der Waals surface area (Å²) in [7, 11) is 0. The lowest BCUT2D eigenvalue weighted by Crippen LogP contribution is -2.40. The molecule has 0 saturated heterocycles. The Bertz CT molecular complexity index is 483. The molecule has 1 rings (SSSR count). The standard InChI is InChI=1S/C10H10N2O.C2H6/c1-3-5-8-7-11-12-10(13)9(8)6-4-2;1-2/h3-7H,1-2H2,(H,12,13);1-2H3/b8-5-,9-6+;. The van der Waals surface area contributed by atoms with Crippen LogP contribution in [-0.2, 0) is 0 Å². The van der Waals surface area contributed by atoms with Crippen LogP contribution in [0, 0.1) is 0 Å². The number of nitrogens with one attached hydrogen (secondary N) is 1. The number of hydrogen-bond donors (Lipinski definition) is 1. The third-order valence-electron chi connectivity index (χ3n) is 1.51. The number of rotatable bonds is 2. The summed E-state index contributed by atoms with van der Waals surface area (Å²) < 4.78 is 0. The highest BCUT2D eigenvalue weighted by molar-refractivity contribution is 5.40. The van der Waals surface area contributed by atoms with Crippen LogP contribution in [0.1, 0.15) is 13.8 Å². The summed E-state index contributed by atoms with van der Waals surface area (Å²) in [6.07, 6.45) is 8.09. The van der Waals surface area contributed by atoms with E-state index in [1.165, 1.54) is 0 Å². The van der Waals surface area contributed by atoms with Crippen LogP contribution >= 0.6 is 0 Å². The van der Waals surface area contributed by atoms with Gasteiger partial charge in [0.25, 0.3) is 5.56 Å². The molecule has 0 bridgehead atoms. The van der Waals surface area contributed by atoms with Gasteiger partial charge < -0.3 is 0 Å². The van der Waals surface area contributed by atoms with Crippen molar-refractivity contribution in [3.63, 3.8) is 0 Å². The zero-order chi connectivity index (χ0) is 11.7. The van der Waals surface area contributed by atoms with Crippen molar-refractivity contribution < 1.29 is 0 Å². The minimum Gasteiger partial charge on any atom is -0.267 e. The highest BCUT2D eigenvalue weighted by Crippen LogP contribution is 1.64. The van der Waals surface area contributed by atoms with Gasteiger partial charge >= 0.3 is 0 Å². The molecule has 0 spiro atoms. The van der Waals surface area contributed by atoms with E-state index in [2.05, 4.69) is 23.4 Å². The van der Waals surface area contributed by atoms with Gasteiger partial charge in [0, 0.05) is 10.4 Å². The van der Waals surface area contributed by atoms with E-state index in [0.29, 0.717) is 5.22 Å². The molecule has 3 heteroatoms. The molecule has 0 fully saturated rings. The first-order valence-corrected chi connectivity index (χ1v) is 4.79. The summed E-state index contributed by atoms with van der Waals surface area (Å²) in [4.78, 5) is 11.3. The summed E-state index contributed by atoms with van der Waals surface area (Å²) in [5, 5.41) is 7.30. The van der Waals surface area contributed by atoms with Crippen molar-refractivity contribution in [1.82, 2.24) is 10.2 Å². The summed E-state index contributed by atoms with van der Waals surface area (Å²) in [5.74, 6) is 0. The van der Waals surface area contributed by atoms with Crippen LogP contribution in [-0.4, -0.2) is 10.2 Å². The lowest BCUT2D eigenvalue weighted by Gasteiger charge is -1.86. The minimum atomic E-state index is -0.226. The molecular formula is C12H16N2O. The number of aromatic amines is 1. The van der Waals surface area contributed by atoms with Crippen molar-refractivity contribution in [2.45, 2.75) is 13.8 Å². The Hall–Kier alpha value is -1.90. The molecule has 3 nitrogen and oxygen atoms in total. The van der Waals surface area contributed by atoms with Gasteiger partial charge in [-0.15, -0.1) is 0 Å². The van der Waals surface area contributed by atoms with Crippen LogP contribution in [0.3, 0.4) is 0 Å². The molecular weight excluding hydrogens is 188 g/mol. The predicted octanol–water partition coefficient (Wildman–Crippen LogP) is 0.729. The first kappa shape index (κ1) is 13.1. The molecule has 1 N–H and O–H groups in total. The highest BCUT2D eigenvalue weighted by atomic mass is 16.1. The van der Waals surface area contributed by atoms with E-state index in [1.807, 2.05) is 13.8 Å². The fourth-order valence-electron chi connectivity index (χ4n) is 0.971. The maximum Gasteiger partial charge on any atom is 0.272 e. The molecule has 0 unspecified atom stereocenters. The van der Waals surface area contributed by atoms with Gasteiger partial charge in [-0.25, -0.2) is 5.10 Å². The summed E-state index contributed by atoms with van der Waals surface area (Å²) >= 11 is 0. The topological polar surface area (TPSA) is 45.8 Å². The molecule has 0 amide bonds. The van der Waals surface area contributed by atoms with E-state index in [0.717, 1.165) is 5.22 Å². The van der Waals surface area contributed by atoms with E-state index >= 15 is 0 Å². The molecule has 80 valence electrons. The Labute approximate surface area is 89.2 Å². The fourth-order valence-corrected chi connectivity index (χ4v) is 0.971. The lowest BCUT2D eigenvalue weighted by atomic mass is 10.3. The van der Waals surface area contributed by atoms with Crippen LogP contribution in [0.15, 0.2) is 36.3 Å². The van der Waals surface area contributed by atoms with Crippen molar-refractivity contribution in [3.05, 3.63) is 52.3 Å². The van der Waals surface area contributed by atoms with Gasteiger partial charge in [0.15, 0.2) is 0 Å². The third kappa shape index (κ3) is 3.77. The largest absolute Gasteiger partial charge is 0.272 e. The first-order chi connectivity index (χ1) is 7.29. The molecule has 0 aliphatic heterocycles. The number of allylic oxidation sites excluding steroid dienone is 2. The van der Waals surface area contributed by atoms with E-state index in [9.17, 15) is 4.79 Å². The second kappa shape index (κ2) is 7.50. The lowest BCUT2D eigenvalue weighted by molar-refractivity contribution is 0.963. The van der Waals surface area contributed by atoms with Crippen LogP contribution in [0.2, 0.25) is 0 Å². The number of nitrogens with zero attached hydrogens (tertiary/aromatic N) is 1. The molecule has 0 atom stereocenters. The Morgan fingerprint density at radius 1 is 1.27 bits per heavy atom. The van der Waals surface area contributed by atoms with Crippen LogP contribution in [0.4, 0.5) is 0 Å². The second-order valence-electron chi connectivity index (χ2n) is 2.37. The van der Waals surface area contributed by atoms with Gasteiger partial charge in [0.1, 0.15) is 0 Å². The van der Waals surface area contributed by atoms with Crippen molar-refractivity contribution in [2.75, 3.05) is 0 Å². The predicted molar refractivity (Wildman–Crippen MR) is 64.8 cm³/mol. The van der Waals surface area contributed by atoms with Gasteiger partial charge in [-0.05, 0) is 6.08 Å². The molecule has 1 aromatic heterocycles. The van der Waals surface area contributed by atoms with E-state index in [1.54, 1.807) is 30.5 Å². The smallest absolute Gasteiger partial charge is 0.267 e. The fraction of sp³-hybridized carbons (Fsp3) is 0.167. The van der Waals surface area contributed by atoms with Gasteiger partial charge in [-0.2, -0.15) is 5.10 Å². The van der Waals surface area contributed by atoms with Crippen molar-refractivity contribution in [3.8, 4) is 0 Å². The van der Waals surface area contributed by atoms with E-state index < -0.39 is 0 Å². The van der Waals surface area contributed by atoms with Crippen molar-refractivity contribution >= 4 is 12.2 Å². The quantitative estimate of drug-likeness (QED) is 0.772. The molecule has 0 radical (unpaired) electrons. The summed E-state index contributed by atoms with van der Waals surface area (Å²) in [6.45, 7) is 11.1. The molecule has 0 saturated carbocycles. The average Bonchev–Trinajstić information content (AvgIpc) is 2.26. The van der Waals surface area contributed by atoms with Crippen LogP contribution in [0.5, 0.6) is 0 Å². The monoisotopic (exact) mass is 204 g/mol. The SMILES string of the molecule is C=C/C=c1/cn[nH]c(=O)/c1=C/C=C.CC. The van der Waals surface area contributed by atoms with E-state index in [4.69, 9.17) is 0 Å². The molecule has 1 heterocycles. The molecule has 15 heavy (non-hydrogen) atoms. The third-order valence-corrected chi connectivity index (χ3v) is 1.51. The highest BCUT2D eigenvalue weighted by Gasteiger charge is 1.88. The maximum atomic E-state index is 11.3. The number of H-pyrrole nitrogens is 1. The number of hydrogen-bond acceptors (Lipinski definition) is 2. The molecule has 0 aliphatic carbocycles. The summed E-state index contributed by atoms with van der Waals surface area (Å²) in [5.41, 5.74) is -0.226. The molecule has 0 aromatic carbocycles. The minimum absolute atomic E-state index is 0.226. The first-order valence-electron chi connectivity index (χ1n) is 4.79. The Morgan fingerprint density at radius 3 is 2.40 bits per heavy atom. The van der Waals surface area contributed by atoms with Crippen molar-refractivity contribution in [1.29, 1.82) is 0 Å². The molecule has 1 aromatic rings. The second-order valence-corrected chi connectivity index (χ2v) is 2.37. The van der Waals surface area contributed by atoms with Crippen LogP contribution in [0.25, 0.3) is 12.2 Å². The van der Waals surface area contributed by atoms with Gasteiger partial charge in [-0.1, -0.05) is 45.2 Å². The van der Waals surface area contributed by atoms with Gasteiger partial charge in [-0.3, -0.25) is 4.79 Å².